The van der Waals surface area contributed by atoms with Crippen LogP contribution in [0, 0.1) is 0 Å². The molecule has 4 rings (SSSR count). The summed E-state index contributed by atoms with van der Waals surface area (Å²) in [6, 6.07) is 23.1. The molecule has 0 saturated carbocycles. The Morgan fingerprint density at radius 3 is 2.31 bits per heavy atom. The summed E-state index contributed by atoms with van der Waals surface area (Å²) in [5, 5.41) is 1.92. The van der Waals surface area contributed by atoms with Crippen LogP contribution in [0.1, 0.15) is 21.5 Å². The molecule has 0 fully saturated rings. The fourth-order valence-corrected chi connectivity index (χ4v) is 5.73. The number of esters is 1. The van der Waals surface area contributed by atoms with Crippen LogP contribution in [-0.4, -0.2) is 20.9 Å². The summed E-state index contributed by atoms with van der Waals surface area (Å²) in [6.07, 6.45) is 0. The minimum atomic E-state index is -0.836. The number of hydrogen-bond acceptors (Lipinski definition) is 2. The van der Waals surface area contributed by atoms with Crippen molar-refractivity contribution in [3.05, 3.63) is 99.5 Å². The molecule has 0 aliphatic carbocycles. The molecule has 1 heterocycles. The van der Waals surface area contributed by atoms with Gasteiger partial charge >= 0.3 is 169 Å². The van der Waals surface area contributed by atoms with Crippen LogP contribution in [0.2, 0.25) is 15.4 Å². The van der Waals surface area contributed by atoms with E-state index in [4.69, 9.17) is 27.9 Å². The fourth-order valence-electron chi connectivity index (χ4n) is 3.12. The van der Waals surface area contributed by atoms with Gasteiger partial charge in [-0.05, 0) is 0 Å². The van der Waals surface area contributed by atoms with E-state index >= 15 is 0 Å². The van der Waals surface area contributed by atoms with E-state index in [-0.39, 0.29) is 20.9 Å². The quantitative estimate of drug-likeness (QED) is 0.421. The molecule has 5 heteroatoms. The Hall–Kier alpha value is -1.77. The van der Waals surface area contributed by atoms with Crippen molar-refractivity contribution in [1.82, 2.24) is 0 Å². The second kappa shape index (κ2) is 7.09. The van der Waals surface area contributed by atoms with Crippen LogP contribution >= 0.6 is 23.2 Å². The standard InChI is InChI=1S/C21H14Cl2O2Se/c22-15-8-6-14(7-9-15)21(13-26-17-4-2-1-3-5-17)19-12-16(23)10-11-18(19)20(24)25-21/h1-12H,13H2. The van der Waals surface area contributed by atoms with Gasteiger partial charge in [-0.1, -0.05) is 0 Å². The van der Waals surface area contributed by atoms with Gasteiger partial charge in [0.1, 0.15) is 0 Å². The molecule has 0 radical (unpaired) electrons. The molecule has 1 unspecified atom stereocenters. The molecule has 0 saturated heterocycles. The Morgan fingerprint density at radius 2 is 1.58 bits per heavy atom. The molecule has 2 nitrogen and oxygen atoms in total. The maximum atomic E-state index is 12.6. The number of carbonyl (C=O) groups excluding carboxylic acids is 1. The summed E-state index contributed by atoms with van der Waals surface area (Å²) in [5.41, 5.74) is 1.48. The molecule has 0 aromatic heterocycles. The van der Waals surface area contributed by atoms with Crippen LogP contribution in [0.25, 0.3) is 0 Å². The summed E-state index contributed by atoms with van der Waals surface area (Å²) in [4.78, 5) is 12.6. The molecule has 0 N–H and O–H groups in total. The third kappa shape index (κ3) is 3.17. The van der Waals surface area contributed by atoms with Crippen LogP contribution in [0.15, 0.2) is 72.8 Å². The van der Waals surface area contributed by atoms with E-state index in [0.717, 1.165) is 11.1 Å². The molecule has 0 bridgehead atoms. The van der Waals surface area contributed by atoms with Crippen molar-refractivity contribution in [1.29, 1.82) is 0 Å². The van der Waals surface area contributed by atoms with E-state index in [1.807, 2.05) is 48.5 Å². The fraction of sp³-hybridized carbons (Fsp3) is 0.0952. The molecule has 1 atom stereocenters. The van der Waals surface area contributed by atoms with E-state index in [1.165, 1.54) is 4.46 Å². The molecule has 26 heavy (non-hydrogen) atoms. The van der Waals surface area contributed by atoms with Crippen LogP contribution in [0.3, 0.4) is 0 Å². The average Bonchev–Trinajstić information content (AvgIpc) is 2.94. The Labute approximate surface area is 168 Å². The Kier molecular flexibility index (Phi) is 4.81. The third-order valence-electron chi connectivity index (χ3n) is 4.40. The maximum absolute atomic E-state index is 12.6. The molecular weight excluding hydrogens is 434 g/mol. The van der Waals surface area contributed by atoms with Crippen molar-refractivity contribution in [2.75, 3.05) is 0 Å². The second-order valence-electron chi connectivity index (χ2n) is 6.02. The summed E-state index contributed by atoms with van der Waals surface area (Å²) in [6.45, 7) is 0. The number of benzene rings is 3. The number of rotatable bonds is 4. The van der Waals surface area contributed by atoms with Gasteiger partial charge in [-0.3, -0.25) is 0 Å². The second-order valence-corrected chi connectivity index (χ2v) is 9.09. The van der Waals surface area contributed by atoms with Crippen LogP contribution < -0.4 is 4.46 Å². The number of fused-ring (bicyclic) bond motifs is 1. The summed E-state index contributed by atoms with van der Waals surface area (Å²) < 4.78 is 7.25. The summed E-state index contributed by atoms with van der Waals surface area (Å²) in [7, 11) is 0. The van der Waals surface area contributed by atoms with Gasteiger partial charge in [0.25, 0.3) is 0 Å². The van der Waals surface area contributed by atoms with Gasteiger partial charge in [0.2, 0.25) is 0 Å². The molecule has 1 aliphatic rings. The molecular formula is C21H14Cl2O2Se. The number of carbonyl (C=O) groups is 1. The van der Waals surface area contributed by atoms with Gasteiger partial charge in [-0.2, -0.15) is 0 Å². The third-order valence-corrected chi connectivity index (χ3v) is 7.31. The molecule has 3 aromatic carbocycles. The minimum absolute atomic E-state index is 0.116. The molecule has 3 aromatic rings. The van der Waals surface area contributed by atoms with Crippen molar-refractivity contribution in [3.63, 3.8) is 0 Å². The monoisotopic (exact) mass is 448 g/mol. The van der Waals surface area contributed by atoms with E-state index in [1.54, 1.807) is 12.1 Å². The number of hydrogen-bond donors (Lipinski definition) is 0. The first-order chi connectivity index (χ1) is 12.6. The van der Waals surface area contributed by atoms with E-state index in [2.05, 4.69) is 12.1 Å². The van der Waals surface area contributed by atoms with Gasteiger partial charge in [-0.25, -0.2) is 0 Å². The zero-order valence-corrected chi connectivity index (χ0v) is 16.8. The van der Waals surface area contributed by atoms with Crippen molar-refractivity contribution in [2.24, 2.45) is 0 Å². The van der Waals surface area contributed by atoms with E-state index in [9.17, 15) is 4.79 Å². The van der Waals surface area contributed by atoms with Crippen molar-refractivity contribution in [2.45, 2.75) is 10.9 Å². The average molecular weight is 448 g/mol. The first-order valence-corrected chi connectivity index (χ1v) is 10.9. The van der Waals surface area contributed by atoms with E-state index < -0.39 is 5.60 Å². The van der Waals surface area contributed by atoms with Crippen LogP contribution in [0.4, 0.5) is 0 Å². The van der Waals surface area contributed by atoms with E-state index in [0.29, 0.717) is 20.9 Å². The molecule has 0 spiro atoms. The first kappa shape index (κ1) is 17.6. The zero-order chi connectivity index (χ0) is 18.1. The molecule has 0 amide bonds. The zero-order valence-electron chi connectivity index (χ0n) is 13.6. The van der Waals surface area contributed by atoms with Crippen molar-refractivity contribution >= 4 is 48.6 Å². The Morgan fingerprint density at radius 1 is 0.885 bits per heavy atom. The summed E-state index contributed by atoms with van der Waals surface area (Å²) >= 11 is 12.4. The van der Waals surface area contributed by atoms with Gasteiger partial charge in [0, 0.05) is 0 Å². The molecule has 130 valence electrons. The summed E-state index contributed by atoms with van der Waals surface area (Å²) in [5.74, 6) is -0.310. The van der Waals surface area contributed by atoms with Gasteiger partial charge in [0.05, 0.1) is 0 Å². The SMILES string of the molecule is O=C1OC(C[Se]c2ccccc2)(c2ccc(Cl)cc2)c2cc(Cl)ccc21. The first-order valence-electron chi connectivity index (χ1n) is 8.06. The van der Waals surface area contributed by atoms with Gasteiger partial charge < -0.3 is 0 Å². The van der Waals surface area contributed by atoms with Gasteiger partial charge in [-0.15, -0.1) is 0 Å². The number of cyclic esters (lactones) is 1. The Balaban J connectivity index is 1.82. The predicted octanol–water partition coefficient (Wildman–Crippen LogP) is 4.86. The normalized spacial score (nSPS) is 18.5. The van der Waals surface area contributed by atoms with Crippen LogP contribution in [0.5, 0.6) is 0 Å². The Bertz CT molecular complexity index is 958. The number of ether oxygens (including phenoxy) is 1. The predicted molar refractivity (Wildman–Crippen MR) is 106 cm³/mol. The number of halogens is 2. The van der Waals surface area contributed by atoms with Gasteiger partial charge in [0.15, 0.2) is 0 Å². The van der Waals surface area contributed by atoms with Crippen LogP contribution in [-0.2, 0) is 10.3 Å². The topological polar surface area (TPSA) is 26.3 Å². The molecule has 1 aliphatic heterocycles. The van der Waals surface area contributed by atoms with Crippen molar-refractivity contribution in [3.8, 4) is 0 Å². The van der Waals surface area contributed by atoms with Crippen molar-refractivity contribution < 1.29 is 9.53 Å².